The Hall–Kier alpha value is -2.44. The summed E-state index contributed by atoms with van der Waals surface area (Å²) in [5.74, 6) is 1.15. The molecule has 132 valence electrons. The highest BCUT2D eigenvalue weighted by molar-refractivity contribution is 5.68. The number of aryl methyl sites for hydroxylation is 1. The Labute approximate surface area is 147 Å². The third-order valence-corrected chi connectivity index (χ3v) is 5.14. The average molecular weight is 339 g/mol. The number of hydrogen-bond acceptors (Lipinski definition) is 5. The predicted octanol–water partition coefficient (Wildman–Crippen LogP) is 2.75. The SMILES string of the molecule is CC(C)c1cc(N2CCC(CCn3cccn3)CC2)c2nncn2n1. The lowest BCUT2D eigenvalue weighted by Crippen LogP contribution is -2.34. The Kier molecular flexibility index (Phi) is 4.38. The first-order chi connectivity index (χ1) is 12.2. The Morgan fingerprint density at radius 3 is 2.80 bits per heavy atom. The Bertz CT molecular complexity index is 813. The molecule has 0 aliphatic carbocycles. The van der Waals surface area contributed by atoms with Crippen molar-refractivity contribution in [2.45, 2.75) is 45.6 Å². The van der Waals surface area contributed by atoms with E-state index < -0.39 is 0 Å². The summed E-state index contributed by atoms with van der Waals surface area (Å²) in [5.41, 5.74) is 3.12. The molecule has 4 heterocycles. The second-order valence-corrected chi connectivity index (χ2v) is 7.20. The van der Waals surface area contributed by atoms with Gasteiger partial charge >= 0.3 is 0 Å². The molecular weight excluding hydrogens is 314 g/mol. The fourth-order valence-electron chi connectivity index (χ4n) is 3.55. The van der Waals surface area contributed by atoms with Gasteiger partial charge in [0.1, 0.15) is 6.33 Å². The van der Waals surface area contributed by atoms with Gasteiger partial charge in [0.05, 0.1) is 11.4 Å². The van der Waals surface area contributed by atoms with Gasteiger partial charge in [0, 0.05) is 32.0 Å². The summed E-state index contributed by atoms with van der Waals surface area (Å²) in [6.45, 7) is 7.48. The van der Waals surface area contributed by atoms with Crippen LogP contribution in [-0.2, 0) is 6.54 Å². The summed E-state index contributed by atoms with van der Waals surface area (Å²) < 4.78 is 3.85. The first-order valence-electron chi connectivity index (χ1n) is 9.14. The van der Waals surface area contributed by atoms with Crippen LogP contribution in [0.15, 0.2) is 30.9 Å². The van der Waals surface area contributed by atoms with E-state index in [0.717, 1.165) is 36.9 Å². The third-order valence-electron chi connectivity index (χ3n) is 5.14. The van der Waals surface area contributed by atoms with E-state index in [2.05, 4.69) is 45.2 Å². The molecule has 0 unspecified atom stereocenters. The molecule has 3 aromatic rings. The molecule has 4 rings (SSSR count). The largest absolute Gasteiger partial charge is 0.368 e. The van der Waals surface area contributed by atoms with Gasteiger partial charge in [-0.1, -0.05) is 13.8 Å². The molecule has 0 saturated carbocycles. The quantitative estimate of drug-likeness (QED) is 0.715. The van der Waals surface area contributed by atoms with Crippen molar-refractivity contribution in [1.29, 1.82) is 0 Å². The first kappa shape index (κ1) is 16.1. The van der Waals surface area contributed by atoms with Crippen LogP contribution in [0, 0.1) is 5.92 Å². The molecule has 0 radical (unpaired) electrons. The van der Waals surface area contributed by atoms with Gasteiger partial charge in [-0.25, -0.2) is 0 Å². The van der Waals surface area contributed by atoms with Crippen molar-refractivity contribution >= 4 is 11.3 Å². The molecule has 1 aliphatic rings. The molecule has 0 bridgehead atoms. The van der Waals surface area contributed by atoms with E-state index in [1.165, 1.54) is 24.9 Å². The van der Waals surface area contributed by atoms with Crippen molar-refractivity contribution in [2.24, 2.45) is 5.92 Å². The van der Waals surface area contributed by atoms with E-state index in [4.69, 9.17) is 0 Å². The van der Waals surface area contributed by atoms with Crippen LogP contribution in [0.25, 0.3) is 5.65 Å². The van der Waals surface area contributed by atoms with Crippen LogP contribution in [0.4, 0.5) is 5.69 Å². The molecule has 0 spiro atoms. The van der Waals surface area contributed by atoms with Gasteiger partial charge in [-0.05, 0) is 43.2 Å². The number of anilines is 1. The van der Waals surface area contributed by atoms with Crippen LogP contribution >= 0.6 is 0 Å². The summed E-state index contributed by atoms with van der Waals surface area (Å²) in [5, 5.41) is 17.2. The standard InChI is InChI=1S/C18H25N7/c1-14(2)16-12-17(18-21-19-13-25(18)22-16)23-9-4-15(5-10-23)6-11-24-8-3-7-20-24/h3,7-8,12-15H,4-6,9-11H2,1-2H3. The molecule has 3 aromatic heterocycles. The molecule has 7 heteroatoms. The van der Waals surface area contributed by atoms with E-state index in [1.54, 1.807) is 6.33 Å². The van der Waals surface area contributed by atoms with Gasteiger partial charge in [0.15, 0.2) is 0 Å². The maximum absolute atomic E-state index is 4.62. The molecule has 1 fully saturated rings. The van der Waals surface area contributed by atoms with Crippen molar-refractivity contribution in [3.8, 4) is 0 Å². The van der Waals surface area contributed by atoms with Crippen LogP contribution in [-0.4, -0.2) is 42.7 Å². The predicted molar refractivity (Wildman–Crippen MR) is 96.7 cm³/mol. The summed E-state index contributed by atoms with van der Waals surface area (Å²) in [6, 6.07) is 4.18. The fraction of sp³-hybridized carbons (Fsp3) is 0.556. The lowest BCUT2D eigenvalue weighted by atomic mass is 9.93. The van der Waals surface area contributed by atoms with Gasteiger partial charge < -0.3 is 4.90 Å². The Morgan fingerprint density at radius 2 is 2.08 bits per heavy atom. The molecule has 7 nitrogen and oxygen atoms in total. The summed E-state index contributed by atoms with van der Waals surface area (Å²) in [4.78, 5) is 2.45. The van der Waals surface area contributed by atoms with E-state index in [-0.39, 0.29) is 0 Å². The summed E-state index contributed by atoms with van der Waals surface area (Å²) in [7, 11) is 0. The molecule has 0 atom stereocenters. The molecule has 0 amide bonds. The summed E-state index contributed by atoms with van der Waals surface area (Å²) in [6.07, 6.45) is 9.20. The number of hydrogen-bond donors (Lipinski definition) is 0. The lowest BCUT2D eigenvalue weighted by Gasteiger charge is -2.33. The average Bonchev–Trinajstić information content (AvgIpc) is 3.31. The molecule has 0 aromatic carbocycles. The van der Waals surface area contributed by atoms with Crippen LogP contribution < -0.4 is 4.90 Å². The minimum atomic E-state index is 0.386. The smallest absolute Gasteiger partial charge is 0.200 e. The minimum Gasteiger partial charge on any atom is -0.368 e. The number of nitrogens with zero attached hydrogens (tertiary/aromatic N) is 7. The second kappa shape index (κ2) is 6.82. The zero-order valence-corrected chi connectivity index (χ0v) is 14.9. The topological polar surface area (TPSA) is 64.1 Å². The van der Waals surface area contributed by atoms with Crippen LogP contribution in [0.1, 0.15) is 44.7 Å². The van der Waals surface area contributed by atoms with Crippen molar-refractivity contribution in [3.05, 3.63) is 36.5 Å². The highest BCUT2D eigenvalue weighted by Gasteiger charge is 2.22. The maximum Gasteiger partial charge on any atom is 0.200 e. The van der Waals surface area contributed by atoms with Gasteiger partial charge in [0.25, 0.3) is 0 Å². The number of fused-ring (bicyclic) bond motifs is 1. The number of piperidine rings is 1. The fourth-order valence-corrected chi connectivity index (χ4v) is 3.55. The van der Waals surface area contributed by atoms with Crippen molar-refractivity contribution in [3.63, 3.8) is 0 Å². The first-order valence-corrected chi connectivity index (χ1v) is 9.14. The zero-order valence-electron chi connectivity index (χ0n) is 14.9. The molecule has 0 N–H and O–H groups in total. The Morgan fingerprint density at radius 1 is 1.24 bits per heavy atom. The van der Waals surface area contributed by atoms with Crippen molar-refractivity contribution in [2.75, 3.05) is 18.0 Å². The lowest BCUT2D eigenvalue weighted by molar-refractivity contribution is 0.354. The number of aromatic nitrogens is 6. The van der Waals surface area contributed by atoms with Crippen LogP contribution in [0.3, 0.4) is 0 Å². The van der Waals surface area contributed by atoms with Gasteiger partial charge in [-0.2, -0.15) is 14.7 Å². The normalized spacial score (nSPS) is 16.2. The summed E-state index contributed by atoms with van der Waals surface area (Å²) >= 11 is 0. The highest BCUT2D eigenvalue weighted by atomic mass is 15.4. The van der Waals surface area contributed by atoms with Crippen molar-refractivity contribution < 1.29 is 0 Å². The van der Waals surface area contributed by atoms with Gasteiger partial charge in [-0.3, -0.25) is 4.68 Å². The van der Waals surface area contributed by atoms with Crippen LogP contribution in [0.5, 0.6) is 0 Å². The van der Waals surface area contributed by atoms with E-state index in [1.807, 2.05) is 27.7 Å². The zero-order chi connectivity index (χ0) is 17.2. The van der Waals surface area contributed by atoms with E-state index in [9.17, 15) is 0 Å². The van der Waals surface area contributed by atoms with Gasteiger partial charge in [-0.15, -0.1) is 10.2 Å². The maximum atomic E-state index is 4.62. The third kappa shape index (κ3) is 3.36. The Balaban J connectivity index is 1.45. The van der Waals surface area contributed by atoms with Crippen LogP contribution in [0.2, 0.25) is 0 Å². The highest BCUT2D eigenvalue weighted by Crippen LogP contribution is 2.29. The minimum absolute atomic E-state index is 0.386. The second-order valence-electron chi connectivity index (χ2n) is 7.20. The van der Waals surface area contributed by atoms with E-state index >= 15 is 0 Å². The molecule has 1 aliphatic heterocycles. The van der Waals surface area contributed by atoms with E-state index in [0.29, 0.717) is 5.92 Å². The monoisotopic (exact) mass is 339 g/mol. The van der Waals surface area contributed by atoms with Crippen molar-refractivity contribution in [1.82, 2.24) is 29.6 Å². The molecular formula is C18H25N7. The molecule has 1 saturated heterocycles. The van der Waals surface area contributed by atoms with Gasteiger partial charge in [0.2, 0.25) is 5.65 Å². The number of rotatable bonds is 5. The molecule has 25 heavy (non-hydrogen) atoms.